The highest BCUT2D eigenvalue weighted by Crippen LogP contribution is 2.00. The molecule has 5 nitrogen and oxygen atoms in total. The summed E-state index contributed by atoms with van der Waals surface area (Å²) in [6.07, 6.45) is 2.67. The third kappa shape index (κ3) is 4.47. The molecule has 0 fully saturated rings. The molecular formula is C8H17N3O2. The van der Waals surface area contributed by atoms with Crippen molar-refractivity contribution >= 4 is 11.8 Å². The highest BCUT2D eigenvalue weighted by atomic mass is 16.2. The normalized spacial score (nSPS) is 11.9. The molecule has 0 aliphatic rings. The lowest BCUT2D eigenvalue weighted by Gasteiger charge is -2.14. The van der Waals surface area contributed by atoms with Crippen molar-refractivity contribution in [3.8, 4) is 0 Å². The molecule has 0 aromatic carbocycles. The van der Waals surface area contributed by atoms with E-state index < -0.39 is 11.8 Å². The first-order chi connectivity index (χ1) is 6.15. The molecule has 0 rings (SSSR count). The molecule has 4 N–H and O–H groups in total. The van der Waals surface area contributed by atoms with Crippen LogP contribution in [0.5, 0.6) is 0 Å². The quantitative estimate of drug-likeness (QED) is 0.244. The molecule has 1 atom stereocenters. The Morgan fingerprint density at radius 3 is 2.31 bits per heavy atom. The van der Waals surface area contributed by atoms with Crippen LogP contribution in [-0.4, -0.2) is 17.9 Å². The molecule has 1 unspecified atom stereocenters. The van der Waals surface area contributed by atoms with E-state index in [0.29, 0.717) is 0 Å². The van der Waals surface area contributed by atoms with E-state index in [2.05, 4.69) is 5.32 Å². The van der Waals surface area contributed by atoms with Crippen LogP contribution in [0.25, 0.3) is 0 Å². The third-order valence-electron chi connectivity index (χ3n) is 1.80. The van der Waals surface area contributed by atoms with Crippen molar-refractivity contribution in [1.82, 2.24) is 10.7 Å². The number of carbonyl (C=O) groups is 2. The van der Waals surface area contributed by atoms with Crippen molar-refractivity contribution in [2.24, 2.45) is 5.84 Å². The summed E-state index contributed by atoms with van der Waals surface area (Å²) < 4.78 is 0. The lowest BCUT2D eigenvalue weighted by molar-refractivity contribution is -0.139. The van der Waals surface area contributed by atoms with E-state index in [4.69, 9.17) is 5.84 Å². The van der Waals surface area contributed by atoms with Gasteiger partial charge in [-0.05, 0) is 12.8 Å². The Hall–Kier alpha value is -1.10. The first-order valence-electron chi connectivity index (χ1n) is 4.47. The highest BCUT2D eigenvalue weighted by Gasteiger charge is 2.15. The third-order valence-corrected chi connectivity index (χ3v) is 1.80. The Labute approximate surface area is 78.0 Å². The van der Waals surface area contributed by atoms with Gasteiger partial charge in [0.05, 0.1) is 0 Å². The summed E-state index contributed by atoms with van der Waals surface area (Å²) in [5, 5.41) is 2.59. The van der Waals surface area contributed by atoms with Crippen LogP contribution in [0, 0.1) is 0 Å². The van der Waals surface area contributed by atoms with Gasteiger partial charge in [-0.1, -0.05) is 20.3 Å². The Kier molecular flexibility index (Phi) is 5.88. The summed E-state index contributed by atoms with van der Waals surface area (Å²) in [4.78, 5) is 21.7. The molecule has 5 heteroatoms. The SMILES string of the molecule is CCCC(CC)NC(=O)C(=O)NN. The summed E-state index contributed by atoms with van der Waals surface area (Å²) >= 11 is 0. The van der Waals surface area contributed by atoms with Crippen LogP contribution in [-0.2, 0) is 9.59 Å². The van der Waals surface area contributed by atoms with Gasteiger partial charge in [-0.2, -0.15) is 0 Å². The fourth-order valence-corrected chi connectivity index (χ4v) is 1.04. The fourth-order valence-electron chi connectivity index (χ4n) is 1.04. The summed E-state index contributed by atoms with van der Waals surface area (Å²) in [6, 6.07) is 0.0646. The van der Waals surface area contributed by atoms with Gasteiger partial charge in [0.1, 0.15) is 0 Å². The number of carbonyl (C=O) groups excluding carboxylic acids is 2. The molecular weight excluding hydrogens is 170 g/mol. The van der Waals surface area contributed by atoms with E-state index in [1.54, 1.807) is 5.43 Å². The zero-order valence-corrected chi connectivity index (χ0v) is 8.09. The van der Waals surface area contributed by atoms with E-state index >= 15 is 0 Å². The lowest BCUT2D eigenvalue weighted by atomic mass is 10.1. The van der Waals surface area contributed by atoms with Gasteiger partial charge in [0.15, 0.2) is 0 Å². The van der Waals surface area contributed by atoms with Gasteiger partial charge in [-0.25, -0.2) is 5.84 Å². The van der Waals surface area contributed by atoms with Gasteiger partial charge in [-0.3, -0.25) is 15.0 Å². The van der Waals surface area contributed by atoms with Crippen molar-refractivity contribution in [2.75, 3.05) is 0 Å². The van der Waals surface area contributed by atoms with Crippen LogP contribution < -0.4 is 16.6 Å². The zero-order valence-electron chi connectivity index (χ0n) is 8.09. The standard InChI is InChI=1S/C8H17N3O2/c1-3-5-6(4-2)10-7(12)8(13)11-9/h6H,3-5,9H2,1-2H3,(H,10,12)(H,11,13). The molecule has 76 valence electrons. The van der Waals surface area contributed by atoms with Crippen LogP contribution in [0.15, 0.2) is 0 Å². The molecule has 13 heavy (non-hydrogen) atoms. The molecule has 0 heterocycles. The van der Waals surface area contributed by atoms with Gasteiger partial charge in [0, 0.05) is 6.04 Å². The van der Waals surface area contributed by atoms with Crippen LogP contribution in [0.4, 0.5) is 0 Å². The number of hydrazine groups is 1. The van der Waals surface area contributed by atoms with Gasteiger partial charge in [0.2, 0.25) is 0 Å². The van der Waals surface area contributed by atoms with E-state index in [0.717, 1.165) is 19.3 Å². The number of nitrogens with two attached hydrogens (primary N) is 1. The van der Waals surface area contributed by atoms with E-state index in [1.807, 2.05) is 13.8 Å². The molecule has 0 radical (unpaired) electrons. The maximum atomic E-state index is 11.0. The summed E-state index contributed by atoms with van der Waals surface area (Å²) in [5.41, 5.74) is 1.79. The first-order valence-corrected chi connectivity index (χ1v) is 4.47. The maximum absolute atomic E-state index is 11.0. The van der Waals surface area contributed by atoms with Crippen LogP contribution in [0.1, 0.15) is 33.1 Å². The molecule has 0 aromatic heterocycles. The van der Waals surface area contributed by atoms with E-state index in [9.17, 15) is 9.59 Å². The van der Waals surface area contributed by atoms with Crippen LogP contribution in [0.3, 0.4) is 0 Å². The van der Waals surface area contributed by atoms with E-state index in [1.165, 1.54) is 0 Å². The second kappa shape index (κ2) is 6.42. The zero-order chi connectivity index (χ0) is 10.3. The molecule has 0 aliphatic carbocycles. The average Bonchev–Trinajstić information content (AvgIpc) is 2.15. The lowest BCUT2D eigenvalue weighted by Crippen LogP contribution is -2.46. The Balaban J connectivity index is 3.93. The van der Waals surface area contributed by atoms with Gasteiger partial charge < -0.3 is 5.32 Å². The van der Waals surface area contributed by atoms with Gasteiger partial charge in [0.25, 0.3) is 0 Å². The molecule has 0 spiro atoms. The predicted octanol–water partition coefficient (Wildman–Crippen LogP) is -0.329. The second-order valence-corrected chi connectivity index (χ2v) is 2.84. The van der Waals surface area contributed by atoms with E-state index in [-0.39, 0.29) is 6.04 Å². The number of hydrogen-bond donors (Lipinski definition) is 3. The second-order valence-electron chi connectivity index (χ2n) is 2.84. The summed E-state index contributed by atoms with van der Waals surface area (Å²) in [6.45, 7) is 3.98. The summed E-state index contributed by atoms with van der Waals surface area (Å²) in [5.74, 6) is 3.34. The molecule has 0 bridgehead atoms. The summed E-state index contributed by atoms with van der Waals surface area (Å²) in [7, 11) is 0. The van der Waals surface area contributed by atoms with Crippen molar-refractivity contribution in [3.05, 3.63) is 0 Å². The van der Waals surface area contributed by atoms with Gasteiger partial charge in [-0.15, -0.1) is 0 Å². The van der Waals surface area contributed by atoms with Crippen molar-refractivity contribution in [2.45, 2.75) is 39.2 Å². The van der Waals surface area contributed by atoms with Crippen LogP contribution in [0.2, 0.25) is 0 Å². The minimum absolute atomic E-state index is 0.0646. The topological polar surface area (TPSA) is 84.2 Å². The Bertz CT molecular complexity index is 182. The number of amides is 2. The minimum Gasteiger partial charge on any atom is -0.345 e. The first kappa shape index (κ1) is 11.9. The molecule has 0 saturated heterocycles. The number of rotatable bonds is 4. The van der Waals surface area contributed by atoms with Crippen LogP contribution >= 0.6 is 0 Å². The van der Waals surface area contributed by atoms with Gasteiger partial charge >= 0.3 is 11.8 Å². The highest BCUT2D eigenvalue weighted by molar-refractivity contribution is 6.34. The fraction of sp³-hybridized carbons (Fsp3) is 0.750. The largest absolute Gasteiger partial charge is 0.345 e. The minimum atomic E-state index is -0.797. The molecule has 0 aromatic rings. The molecule has 0 aliphatic heterocycles. The molecule has 2 amide bonds. The monoisotopic (exact) mass is 187 g/mol. The Morgan fingerprint density at radius 2 is 1.92 bits per heavy atom. The van der Waals surface area contributed by atoms with Crippen molar-refractivity contribution < 1.29 is 9.59 Å². The number of hydrogen-bond acceptors (Lipinski definition) is 3. The maximum Gasteiger partial charge on any atom is 0.323 e. The smallest absolute Gasteiger partial charge is 0.323 e. The average molecular weight is 187 g/mol. The van der Waals surface area contributed by atoms with Crippen molar-refractivity contribution in [3.63, 3.8) is 0 Å². The Morgan fingerprint density at radius 1 is 1.31 bits per heavy atom. The van der Waals surface area contributed by atoms with Crippen molar-refractivity contribution in [1.29, 1.82) is 0 Å². The predicted molar refractivity (Wildman–Crippen MR) is 49.5 cm³/mol. The molecule has 0 saturated carbocycles. The number of nitrogens with one attached hydrogen (secondary N) is 2.